The third-order valence-electron chi connectivity index (χ3n) is 5.86. The average molecular weight is 285 g/mol. The van der Waals surface area contributed by atoms with E-state index in [-0.39, 0.29) is 0 Å². The van der Waals surface area contributed by atoms with Gasteiger partial charge in [-0.2, -0.15) is 0 Å². The molecule has 0 amide bonds. The quantitative estimate of drug-likeness (QED) is 0.799. The van der Waals surface area contributed by atoms with E-state index < -0.39 is 0 Å². The van der Waals surface area contributed by atoms with Gasteiger partial charge in [0.05, 0.1) is 6.61 Å². The highest BCUT2D eigenvalue weighted by atomic mass is 16.5. The van der Waals surface area contributed by atoms with Crippen LogP contribution in [0.3, 0.4) is 0 Å². The van der Waals surface area contributed by atoms with E-state index in [1.807, 2.05) is 0 Å². The first-order chi connectivity index (χ1) is 10.3. The number of rotatable bonds is 6. The summed E-state index contributed by atoms with van der Waals surface area (Å²) in [5.41, 5.74) is 1.99. The predicted octanol–water partition coefficient (Wildman–Crippen LogP) is 3.97. The fraction of sp³-hybridized carbons (Fsp3) is 0.684. The molecule has 1 aromatic rings. The number of ether oxygens (including phenoxy) is 1. The number of hydrogen-bond donors (Lipinski definition) is 1. The summed E-state index contributed by atoms with van der Waals surface area (Å²) in [6.45, 7) is 5.53. The standard InChI is InChI=1S/C19H27NO/c1-2-7-20-13-19(9-14-8-15(14)10-19)11-16-12-21-18-6-4-3-5-17(16)18/h3-6,14-16,20H,2,7-13H2,1H3. The molecule has 1 aliphatic heterocycles. The highest BCUT2D eigenvalue weighted by Crippen LogP contribution is 2.62. The summed E-state index contributed by atoms with van der Waals surface area (Å²) < 4.78 is 5.91. The number of hydrogen-bond acceptors (Lipinski definition) is 2. The molecule has 0 aromatic heterocycles. The minimum atomic E-state index is 0.536. The van der Waals surface area contributed by atoms with Crippen molar-refractivity contribution in [2.45, 2.75) is 44.9 Å². The van der Waals surface area contributed by atoms with E-state index in [9.17, 15) is 0 Å². The van der Waals surface area contributed by atoms with E-state index in [4.69, 9.17) is 4.74 Å². The van der Waals surface area contributed by atoms with Crippen LogP contribution < -0.4 is 10.1 Å². The van der Waals surface area contributed by atoms with E-state index >= 15 is 0 Å². The molecule has 114 valence electrons. The number of benzene rings is 1. The molecule has 2 heteroatoms. The molecule has 3 atom stereocenters. The average Bonchev–Trinajstić information content (AvgIpc) is 2.94. The van der Waals surface area contributed by atoms with Crippen LogP contribution in [0.4, 0.5) is 0 Å². The Kier molecular flexibility index (Phi) is 3.45. The SMILES string of the molecule is CCCNCC1(CC2COc3ccccc32)CC2CC2C1. The zero-order valence-electron chi connectivity index (χ0n) is 13.1. The lowest BCUT2D eigenvalue weighted by Crippen LogP contribution is -2.35. The highest BCUT2D eigenvalue weighted by molar-refractivity contribution is 5.39. The van der Waals surface area contributed by atoms with Crippen molar-refractivity contribution in [3.63, 3.8) is 0 Å². The fourth-order valence-corrected chi connectivity index (χ4v) is 4.84. The number of para-hydroxylation sites is 1. The van der Waals surface area contributed by atoms with Crippen molar-refractivity contribution in [2.75, 3.05) is 19.7 Å². The lowest BCUT2D eigenvalue weighted by atomic mass is 9.74. The van der Waals surface area contributed by atoms with E-state index in [0.29, 0.717) is 11.3 Å². The van der Waals surface area contributed by atoms with Crippen molar-refractivity contribution in [1.82, 2.24) is 5.32 Å². The van der Waals surface area contributed by atoms with Gasteiger partial charge in [0.25, 0.3) is 0 Å². The van der Waals surface area contributed by atoms with Gasteiger partial charge < -0.3 is 10.1 Å². The molecule has 0 saturated heterocycles. The van der Waals surface area contributed by atoms with Crippen LogP contribution in [0.25, 0.3) is 0 Å². The summed E-state index contributed by atoms with van der Waals surface area (Å²) in [5.74, 6) is 3.83. The third-order valence-corrected chi connectivity index (χ3v) is 5.86. The molecule has 2 saturated carbocycles. The summed E-state index contributed by atoms with van der Waals surface area (Å²) in [4.78, 5) is 0. The van der Waals surface area contributed by atoms with E-state index in [2.05, 4.69) is 36.5 Å². The molecule has 21 heavy (non-hydrogen) atoms. The van der Waals surface area contributed by atoms with Gasteiger partial charge in [-0.3, -0.25) is 0 Å². The molecule has 1 heterocycles. The molecule has 0 radical (unpaired) electrons. The van der Waals surface area contributed by atoms with Crippen molar-refractivity contribution >= 4 is 0 Å². The van der Waals surface area contributed by atoms with Gasteiger partial charge in [0.1, 0.15) is 5.75 Å². The molecule has 0 bridgehead atoms. The van der Waals surface area contributed by atoms with Crippen molar-refractivity contribution < 1.29 is 4.74 Å². The maximum Gasteiger partial charge on any atom is 0.122 e. The minimum Gasteiger partial charge on any atom is -0.493 e. The smallest absolute Gasteiger partial charge is 0.122 e. The van der Waals surface area contributed by atoms with Gasteiger partial charge in [-0.25, -0.2) is 0 Å². The van der Waals surface area contributed by atoms with Crippen LogP contribution in [0, 0.1) is 17.3 Å². The Morgan fingerprint density at radius 3 is 2.86 bits per heavy atom. The molecule has 1 aromatic carbocycles. The van der Waals surface area contributed by atoms with Gasteiger partial charge in [0, 0.05) is 18.0 Å². The number of nitrogens with one attached hydrogen (secondary N) is 1. The lowest BCUT2D eigenvalue weighted by molar-refractivity contribution is 0.197. The first-order valence-corrected chi connectivity index (χ1v) is 8.72. The highest BCUT2D eigenvalue weighted by Gasteiger charge is 2.54. The maximum absolute atomic E-state index is 5.91. The number of fused-ring (bicyclic) bond motifs is 2. The third kappa shape index (κ3) is 2.59. The molecule has 4 rings (SSSR count). The van der Waals surface area contributed by atoms with Gasteiger partial charge in [-0.15, -0.1) is 0 Å². The van der Waals surface area contributed by atoms with Gasteiger partial charge in [-0.1, -0.05) is 25.1 Å². The molecular formula is C19H27NO. The second-order valence-corrected chi connectivity index (χ2v) is 7.59. The van der Waals surface area contributed by atoms with E-state index in [1.165, 1.54) is 44.2 Å². The first kappa shape index (κ1) is 13.6. The Labute approximate surface area is 128 Å². The largest absolute Gasteiger partial charge is 0.493 e. The summed E-state index contributed by atoms with van der Waals surface area (Å²) in [6.07, 6.45) is 6.96. The van der Waals surface area contributed by atoms with Gasteiger partial charge >= 0.3 is 0 Å². The first-order valence-electron chi connectivity index (χ1n) is 8.72. The Bertz CT molecular complexity index is 502. The second-order valence-electron chi connectivity index (χ2n) is 7.59. The zero-order chi connectivity index (χ0) is 14.3. The van der Waals surface area contributed by atoms with Crippen molar-refractivity contribution in [2.24, 2.45) is 17.3 Å². The topological polar surface area (TPSA) is 21.3 Å². The molecule has 1 N–H and O–H groups in total. The molecular weight excluding hydrogens is 258 g/mol. The van der Waals surface area contributed by atoms with Crippen LogP contribution in [0.15, 0.2) is 24.3 Å². The van der Waals surface area contributed by atoms with Crippen LogP contribution in [-0.2, 0) is 0 Å². The van der Waals surface area contributed by atoms with E-state index in [0.717, 1.165) is 30.7 Å². The van der Waals surface area contributed by atoms with Crippen LogP contribution in [-0.4, -0.2) is 19.7 Å². The molecule has 2 aliphatic carbocycles. The predicted molar refractivity (Wildman–Crippen MR) is 85.7 cm³/mol. The van der Waals surface area contributed by atoms with Crippen LogP contribution in [0.5, 0.6) is 5.75 Å². The normalized spacial score (nSPS) is 36.1. The Balaban J connectivity index is 1.48. The Morgan fingerprint density at radius 2 is 2.05 bits per heavy atom. The second kappa shape index (κ2) is 5.31. The molecule has 3 aliphatic rings. The summed E-state index contributed by atoms with van der Waals surface area (Å²) in [6, 6.07) is 8.65. The summed E-state index contributed by atoms with van der Waals surface area (Å²) in [7, 11) is 0. The Hall–Kier alpha value is -1.02. The monoisotopic (exact) mass is 285 g/mol. The van der Waals surface area contributed by atoms with Crippen molar-refractivity contribution in [1.29, 1.82) is 0 Å². The van der Waals surface area contributed by atoms with Crippen molar-refractivity contribution in [3.8, 4) is 5.75 Å². The van der Waals surface area contributed by atoms with E-state index in [1.54, 1.807) is 0 Å². The maximum atomic E-state index is 5.91. The van der Waals surface area contributed by atoms with Gasteiger partial charge in [0.15, 0.2) is 0 Å². The molecule has 2 nitrogen and oxygen atoms in total. The lowest BCUT2D eigenvalue weighted by Gasteiger charge is -2.33. The fourth-order valence-electron chi connectivity index (χ4n) is 4.84. The zero-order valence-corrected chi connectivity index (χ0v) is 13.1. The summed E-state index contributed by atoms with van der Waals surface area (Å²) in [5, 5.41) is 3.72. The van der Waals surface area contributed by atoms with Crippen LogP contribution >= 0.6 is 0 Å². The summed E-state index contributed by atoms with van der Waals surface area (Å²) >= 11 is 0. The Morgan fingerprint density at radius 1 is 1.24 bits per heavy atom. The van der Waals surface area contributed by atoms with Gasteiger partial charge in [0.2, 0.25) is 0 Å². The van der Waals surface area contributed by atoms with Crippen molar-refractivity contribution in [3.05, 3.63) is 29.8 Å². The van der Waals surface area contributed by atoms with Crippen LogP contribution in [0.2, 0.25) is 0 Å². The molecule has 2 fully saturated rings. The van der Waals surface area contributed by atoms with Gasteiger partial charge in [-0.05, 0) is 62.0 Å². The molecule has 3 unspecified atom stereocenters. The molecule has 0 spiro atoms. The minimum absolute atomic E-state index is 0.536. The van der Waals surface area contributed by atoms with Crippen LogP contribution in [0.1, 0.15) is 50.5 Å².